The minimum absolute atomic E-state index is 1.36. The van der Waals surface area contributed by atoms with Crippen molar-refractivity contribution in [2.24, 2.45) is 0 Å². The first-order chi connectivity index (χ1) is 13.2. The average molecular weight is 365 g/mol. The van der Waals surface area contributed by atoms with Crippen molar-refractivity contribution in [1.29, 1.82) is 0 Å². The fraction of sp³-hybridized carbons (Fsp3) is 0.0769. The Kier molecular flexibility index (Phi) is 4.78. The van der Waals surface area contributed by atoms with Crippen molar-refractivity contribution >= 4 is 28.8 Å². The molecule has 133 valence electrons. The first kappa shape index (κ1) is 17.5. The first-order valence-corrected chi connectivity index (χ1v) is 11.5. The van der Waals surface area contributed by atoms with E-state index in [0.717, 1.165) is 0 Å². The molecule has 0 radical (unpaired) electrons. The molecule has 0 aliphatic rings. The standard InChI is InChI=1S/C26H24Si/c1-21-13-9-11-19-25(21)27(23-15-5-3-6-16-23,24-17-7-4-8-18-24)26-20-12-10-14-22(26)2/h3-20H,1-2H3/q-1. The molecule has 4 rings (SSSR count). The normalized spacial score (nSPS) is 11.3. The van der Waals surface area contributed by atoms with E-state index in [0.29, 0.717) is 0 Å². The molecule has 27 heavy (non-hydrogen) atoms. The third-order valence-corrected chi connectivity index (χ3v) is 10.6. The molecular weight excluding hydrogens is 340 g/mol. The highest BCUT2D eigenvalue weighted by molar-refractivity contribution is 7.20. The van der Waals surface area contributed by atoms with E-state index in [-0.39, 0.29) is 0 Å². The summed E-state index contributed by atoms with van der Waals surface area (Å²) >= 11 is 0. The molecule has 0 nitrogen and oxygen atoms in total. The number of benzene rings is 4. The van der Waals surface area contributed by atoms with Gasteiger partial charge in [0, 0.05) is 0 Å². The predicted octanol–water partition coefficient (Wildman–Crippen LogP) is 3.68. The molecular formula is C26H24Si-. The van der Waals surface area contributed by atoms with Gasteiger partial charge < -0.3 is 0 Å². The largest absolute Gasteiger partial charge is 0.171 e. The monoisotopic (exact) mass is 364 g/mol. The first-order valence-electron chi connectivity index (χ1n) is 9.48. The van der Waals surface area contributed by atoms with Gasteiger partial charge >= 0.3 is 0 Å². The molecule has 4 aromatic rings. The van der Waals surface area contributed by atoms with Crippen LogP contribution in [0.5, 0.6) is 0 Å². The number of hydrogen-bond donors (Lipinski definition) is 0. The summed E-state index contributed by atoms with van der Waals surface area (Å²) in [6.07, 6.45) is 0. The van der Waals surface area contributed by atoms with E-state index in [4.69, 9.17) is 0 Å². The van der Waals surface area contributed by atoms with Crippen molar-refractivity contribution in [2.45, 2.75) is 13.8 Å². The molecule has 0 bridgehead atoms. The summed E-state index contributed by atoms with van der Waals surface area (Å²) in [4.78, 5) is 0. The zero-order valence-electron chi connectivity index (χ0n) is 15.9. The Morgan fingerprint density at radius 2 is 0.741 bits per heavy atom. The summed E-state index contributed by atoms with van der Waals surface area (Å²) in [5, 5.41) is 5.80. The van der Waals surface area contributed by atoms with Gasteiger partial charge in [-0.25, -0.2) is 0 Å². The smallest absolute Gasteiger partial charge is 0.0266 e. The van der Waals surface area contributed by atoms with Crippen LogP contribution in [0.1, 0.15) is 11.1 Å². The molecule has 0 aliphatic heterocycles. The van der Waals surface area contributed by atoms with Crippen LogP contribution < -0.4 is 20.7 Å². The van der Waals surface area contributed by atoms with Crippen LogP contribution in [-0.2, 0) is 0 Å². The average Bonchev–Trinajstić information content (AvgIpc) is 2.73. The lowest BCUT2D eigenvalue weighted by molar-refractivity contribution is 1.48. The van der Waals surface area contributed by atoms with Crippen LogP contribution in [-0.4, -0.2) is 8.07 Å². The van der Waals surface area contributed by atoms with Gasteiger partial charge in [-0.15, -0.1) is 0 Å². The maximum absolute atomic E-state index is 2.39. The van der Waals surface area contributed by atoms with Crippen LogP contribution >= 0.6 is 0 Å². The number of rotatable bonds is 4. The highest BCUT2D eigenvalue weighted by Crippen LogP contribution is 2.13. The van der Waals surface area contributed by atoms with Gasteiger partial charge in [0.1, 0.15) is 0 Å². The molecule has 0 fully saturated rings. The van der Waals surface area contributed by atoms with Crippen molar-refractivity contribution in [3.63, 3.8) is 0 Å². The minimum atomic E-state index is -2.39. The SMILES string of the molecule is Cc1ccccc1[Si-](c1ccccc1)(c1ccccc1)c1ccccc1C. The highest BCUT2D eigenvalue weighted by Gasteiger charge is 2.29. The quantitative estimate of drug-likeness (QED) is 0.383. The van der Waals surface area contributed by atoms with Gasteiger partial charge in [0.05, 0.1) is 0 Å². The molecule has 0 amide bonds. The zero-order chi connectivity index (χ0) is 18.7. The molecule has 0 saturated heterocycles. The van der Waals surface area contributed by atoms with Gasteiger partial charge in [-0.3, -0.25) is 0 Å². The van der Waals surface area contributed by atoms with E-state index in [1.807, 2.05) is 0 Å². The van der Waals surface area contributed by atoms with Crippen molar-refractivity contribution in [3.8, 4) is 0 Å². The minimum Gasteiger partial charge on any atom is -0.171 e. The van der Waals surface area contributed by atoms with Gasteiger partial charge in [-0.2, -0.15) is 20.7 Å². The lowest BCUT2D eigenvalue weighted by atomic mass is 10.2. The highest BCUT2D eigenvalue weighted by atomic mass is 28.3. The zero-order valence-corrected chi connectivity index (χ0v) is 16.9. The van der Waals surface area contributed by atoms with E-state index in [2.05, 4.69) is 123 Å². The molecule has 0 spiro atoms. The van der Waals surface area contributed by atoms with Gasteiger partial charge in [0.15, 0.2) is 0 Å². The molecule has 0 aliphatic carbocycles. The van der Waals surface area contributed by atoms with Gasteiger partial charge in [-0.1, -0.05) is 120 Å². The van der Waals surface area contributed by atoms with Crippen molar-refractivity contribution in [3.05, 3.63) is 120 Å². The van der Waals surface area contributed by atoms with E-state index in [1.165, 1.54) is 31.9 Å². The topological polar surface area (TPSA) is 0 Å². The number of aryl methyl sites for hydroxylation is 2. The van der Waals surface area contributed by atoms with E-state index < -0.39 is 8.07 Å². The summed E-state index contributed by atoms with van der Waals surface area (Å²) in [6.45, 7) is 4.50. The number of hydrogen-bond acceptors (Lipinski definition) is 0. The van der Waals surface area contributed by atoms with E-state index >= 15 is 0 Å². The molecule has 0 aromatic heterocycles. The van der Waals surface area contributed by atoms with E-state index in [1.54, 1.807) is 0 Å². The maximum atomic E-state index is 2.34. The van der Waals surface area contributed by atoms with Gasteiger partial charge in [-0.05, 0) is 21.9 Å². The van der Waals surface area contributed by atoms with Crippen LogP contribution in [0.4, 0.5) is 0 Å². The summed E-state index contributed by atoms with van der Waals surface area (Å²) in [6, 6.07) is 40.1. The molecule has 0 saturated carbocycles. The second-order valence-corrected chi connectivity index (χ2v) is 10.8. The molecule has 0 atom stereocenters. The third kappa shape index (κ3) is 2.94. The second-order valence-electron chi connectivity index (χ2n) is 7.11. The van der Waals surface area contributed by atoms with Crippen LogP contribution in [0.25, 0.3) is 0 Å². The van der Waals surface area contributed by atoms with Gasteiger partial charge in [0.2, 0.25) is 0 Å². The van der Waals surface area contributed by atoms with E-state index in [9.17, 15) is 0 Å². The fourth-order valence-electron chi connectivity index (χ4n) is 4.30. The Bertz CT molecular complexity index is 949. The van der Waals surface area contributed by atoms with Crippen LogP contribution in [0, 0.1) is 13.8 Å². The summed E-state index contributed by atoms with van der Waals surface area (Å²) in [5.41, 5.74) is 2.72. The fourth-order valence-corrected chi connectivity index (χ4v) is 9.59. The Hall–Kier alpha value is -2.90. The predicted molar refractivity (Wildman–Crippen MR) is 120 cm³/mol. The molecule has 0 heterocycles. The molecule has 0 unspecified atom stereocenters. The Labute approximate surface area is 163 Å². The van der Waals surface area contributed by atoms with Crippen LogP contribution in [0.2, 0.25) is 0 Å². The van der Waals surface area contributed by atoms with Crippen molar-refractivity contribution in [1.82, 2.24) is 0 Å². The van der Waals surface area contributed by atoms with Crippen molar-refractivity contribution in [2.75, 3.05) is 0 Å². The second kappa shape index (κ2) is 7.38. The molecule has 1 heteroatoms. The summed E-state index contributed by atoms with van der Waals surface area (Å²) < 4.78 is 0. The summed E-state index contributed by atoms with van der Waals surface area (Å²) in [5.74, 6) is 0. The third-order valence-electron chi connectivity index (χ3n) is 5.51. The van der Waals surface area contributed by atoms with Gasteiger partial charge in [0.25, 0.3) is 0 Å². The summed E-state index contributed by atoms with van der Waals surface area (Å²) in [7, 11) is -2.39. The molecule has 4 aromatic carbocycles. The van der Waals surface area contributed by atoms with Crippen LogP contribution in [0.3, 0.4) is 0 Å². The maximum Gasteiger partial charge on any atom is -0.0266 e. The lowest BCUT2D eigenvalue weighted by Gasteiger charge is -2.49. The Balaban J connectivity index is 2.20. The van der Waals surface area contributed by atoms with Crippen LogP contribution in [0.15, 0.2) is 109 Å². The van der Waals surface area contributed by atoms with Crippen molar-refractivity contribution < 1.29 is 0 Å². The Morgan fingerprint density at radius 1 is 0.407 bits per heavy atom. The molecule has 0 N–H and O–H groups in total. The lowest BCUT2D eigenvalue weighted by Crippen LogP contribution is -2.75. The Morgan fingerprint density at radius 3 is 1.11 bits per heavy atom.